The van der Waals surface area contributed by atoms with Gasteiger partial charge in [-0.1, -0.05) is 52.8 Å². The van der Waals surface area contributed by atoms with Crippen molar-refractivity contribution in [2.75, 3.05) is 4.90 Å². The van der Waals surface area contributed by atoms with Crippen molar-refractivity contribution in [1.82, 2.24) is 4.98 Å². The molecular formula is C26H18ClFN2O3S. The van der Waals surface area contributed by atoms with Gasteiger partial charge in [-0.25, -0.2) is 9.37 Å². The number of Topliss-reactive ketones (excluding diaryl/α,β-unsaturated/α-hetero) is 1. The van der Waals surface area contributed by atoms with E-state index in [4.69, 9.17) is 11.6 Å². The monoisotopic (exact) mass is 492 g/mol. The van der Waals surface area contributed by atoms with Crippen LogP contribution < -0.4 is 4.90 Å². The van der Waals surface area contributed by atoms with Gasteiger partial charge in [-0.05, 0) is 61.4 Å². The fraction of sp³-hybridized carbons (Fsp3) is 0.115. The molecule has 1 atom stereocenters. The number of aliphatic hydroxyl groups is 1. The normalized spacial score (nSPS) is 17.6. The van der Waals surface area contributed by atoms with E-state index in [1.54, 1.807) is 31.2 Å². The molecule has 0 aliphatic carbocycles. The van der Waals surface area contributed by atoms with Crippen LogP contribution in [0.5, 0.6) is 0 Å². The van der Waals surface area contributed by atoms with E-state index < -0.39 is 23.5 Å². The topological polar surface area (TPSA) is 70.5 Å². The summed E-state index contributed by atoms with van der Waals surface area (Å²) < 4.78 is 14.6. The second-order valence-electron chi connectivity index (χ2n) is 8.16. The summed E-state index contributed by atoms with van der Waals surface area (Å²) in [5, 5.41) is 12.0. The largest absolute Gasteiger partial charge is 0.507 e. The SMILES string of the molecule is Cc1cccc(C2/C(=C(\O)c3ccc(F)c(C)c3)C(=O)C(=O)N2c2nc3ccc(Cl)cc3s2)c1. The Bertz CT molecular complexity index is 1530. The molecule has 5 rings (SSSR count). The number of nitrogens with zero attached hydrogens (tertiary/aromatic N) is 2. The minimum absolute atomic E-state index is 0.0705. The molecule has 1 aliphatic rings. The Morgan fingerprint density at radius 2 is 1.88 bits per heavy atom. The highest BCUT2D eigenvalue weighted by atomic mass is 35.5. The Morgan fingerprint density at radius 3 is 2.62 bits per heavy atom. The third-order valence-corrected chi connectivity index (χ3v) is 7.03. The summed E-state index contributed by atoms with van der Waals surface area (Å²) in [6.07, 6.45) is 0. The summed E-state index contributed by atoms with van der Waals surface area (Å²) >= 11 is 7.35. The molecule has 0 saturated carbocycles. The number of hydrogen-bond donors (Lipinski definition) is 1. The van der Waals surface area contributed by atoms with Crippen LogP contribution in [0.2, 0.25) is 5.02 Å². The number of aromatic nitrogens is 1. The molecule has 5 nitrogen and oxygen atoms in total. The Balaban J connectivity index is 1.74. The van der Waals surface area contributed by atoms with Crippen LogP contribution in [0.25, 0.3) is 16.0 Å². The van der Waals surface area contributed by atoms with Crippen LogP contribution in [0.15, 0.2) is 66.2 Å². The zero-order valence-corrected chi connectivity index (χ0v) is 19.7. The molecular weight excluding hydrogens is 475 g/mol. The van der Waals surface area contributed by atoms with Crippen LogP contribution in [0.3, 0.4) is 0 Å². The Hall–Kier alpha value is -3.55. The molecule has 1 unspecified atom stereocenters. The quantitative estimate of drug-likeness (QED) is 0.206. The molecule has 0 bridgehead atoms. The standard InChI is InChI=1S/C26H18ClFN2O3S/c1-13-4-3-5-15(10-13)22-21(23(31)16-6-8-18(28)14(2)11-16)24(32)25(33)30(22)26-29-19-9-7-17(27)12-20(19)34-26/h3-12,22,31H,1-2H3/b23-21+. The molecule has 34 heavy (non-hydrogen) atoms. The summed E-state index contributed by atoms with van der Waals surface area (Å²) in [5.74, 6) is -2.42. The number of hydrogen-bond acceptors (Lipinski definition) is 5. The molecule has 1 amide bonds. The van der Waals surface area contributed by atoms with Gasteiger partial charge in [0, 0.05) is 10.6 Å². The van der Waals surface area contributed by atoms with Crippen molar-refractivity contribution in [2.24, 2.45) is 0 Å². The first-order chi connectivity index (χ1) is 16.2. The molecule has 8 heteroatoms. The van der Waals surface area contributed by atoms with Crippen LogP contribution in [-0.4, -0.2) is 21.8 Å². The zero-order chi connectivity index (χ0) is 24.1. The maximum Gasteiger partial charge on any atom is 0.301 e. The number of aliphatic hydroxyl groups excluding tert-OH is 1. The van der Waals surface area contributed by atoms with Crippen LogP contribution in [0, 0.1) is 19.7 Å². The highest BCUT2D eigenvalue weighted by Crippen LogP contribution is 2.44. The van der Waals surface area contributed by atoms with Crippen LogP contribution in [0.1, 0.15) is 28.3 Å². The van der Waals surface area contributed by atoms with Crippen molar-refractivity contribution >= 4 is 55.7 Å². The van der Waals surface area contributed by atoms with Gasteiger partial charge >= 0.3 is 5.91 Å². The van der Waals surface area contributed by atoms with E-state index in [0.717, 1.165) is 10.3 Å². The Morgan fingerprint density at radius 1 is 1.09 bits per heavy atom. The maximum atomic E-state index is 13.8. The highest BCUT2D eigenvalue weighted by molar-refractivity contribution is 7.22. The van der Waals surface area contributed by atoms with Crippen molar-refractivity contribution in [3.8, 4) is 0 Å². The van der Waals surface area contributed by atoms with Gasteiger partial charge in [-0.2, -0.15) is 0 Å². The number of anilines is 1. The number of aryl methyl sites for hydroxylation is 2. The van der Waals surface area contributed by atoms with Crippen LogP contribution in [0.4, 0.5) is 9.52 Å². The molecule has 4 aromatic rings. The van der Waals surface area contributed by atoms with Crippen molar-refractivity contribution in [2.45, 2.75) is 19.9 Å². The first-order valence-corrected chi connectivity index (χ1v) is 11.6. The fourth-order valence-corrected chi connectivity index (χ4v) is 5.39. The minimum atomic E-state index is -0.902. The van der Waals surface area contributed by atoms with Crippen molar-refractivity contribution in [1.29, 1.82) is 0 Å². The first kappa shape index (κ1) is 22.3. The minimum Gasteiger partial charge on any atom is -0.507 e. The number of halogens is 2. The van der Waals surface area contributed by atoms with E-state index in [0.29, 0.717) is 26.8 Å². The van der Waals surface area contributed by atoms with E-state index in [9.17, 15) is 19.1 Å². The number of rotatable bonds is 3. The molecule has 1 aliphatic heterocycles. The molecule has 1 fully saturated rings. The smallest absolute Gasteiger partial charge is 0.301 e. The summed E-state index contributed by atoms with van der Waals surface area (Å²) in [5.41, 5.74) is 2.72. The molecule has 1 saturated heterocycles. The van der Waals surface area contributed by atoms with E-state index in [1.165, 1.54) is 34.4 Å². The Labute approximate surface area is 203 Å². The van der Waals surface area contributed by atoms with Gasteiger partial charge < -0.3 is 5.11 Å². The van der Waals surface area contributed by atoms with E-state index >= 15 is 0 Å². The van der Waals surface area contributed by atoms with Gasteiger partial charge in [-0.3, -0.25) is 14.5 Å². The van der Waals surface area contributed by atoms with Crippen LogP contribution >= 0.6 is 22.9 Å². The van der Waals surface area contributed by atoms with Crippen molar-refractivity contribution in [3.63, 3.8) is 0 Å². The van der Waals surface area contributed by atoms with E-state index in [1.807, 2.05) is 25.1 Å². The number of carbonyl (C=O) groups is 2. The summed E-state index contributed by atoms with van der Waals surface area (Å²) in [7, 11) is 0. The fourth-order valence-electron chi connectivity index (χ4n) is 4.12. The van der Waals surface area contributed by atoms with E-state index in [-0.39, 0.29) is 16.9 Å². The second-order valence-corrected chi connectivity index (χ2v) is 9.60. The van der Waals surface area contributed by atoms with Gasteiger partial charge in [0.25, 0.3) is 5.78 Å². The van der Waals surface area contributed by atoms with E-state index in [2.05, 4.69) is 4.98 Å². The number of amides is 1. The first-order valence-electron chi connectivity index (χ1n) is 10.4. The molecule has 1 aromatic heterocycles. The molecule has 0 spiro atoms. The summed E-state index contributed by atoms with van der Waals surface area (Å²) in [4.78, 5) is 32.5. The predicted octanol–water partition coefficient (Wildman–Crippen LogP) is 6.33. The van der Waals surface area contributed by atoms with Crippen molar-refractivity contribution < 1.29 is 19.1 Å². The lowest BCUT2D eigenvalue weighted by atomic mass is 9.94. The van der Waals surface area contributed by atoms with Gasteiger partial charge in [0.15, 0.2) is 5.13 Å². The zero-order valence-electron chi connectivity index (χ0n) is 18.2. The Kier molecular flexibility index (Phi) is 5.46. The number of carbonyl (C=O) groups excluding carboxylic acids is 2. The third-order valence-electron chi connectivity index (χ3n) is 5.78. The average Bonchev–Trinajstić information content (AvgIpc) is 3.33. The lowest BCUT2D eigenvalue weighted by Gasteiger charge is -2.23. The molecule has 0 radical (unpaired) electrons. The summed E-state index contributed by atoms with van der Waals surface area (Å²) in [6, 6.07) is 15.7. The van der Waals surface area contributed by atoms with Crippen molar-refractivity contribution in [3.05, 3.63) is 99.3 Å². The highest BCUT2D eigenvalue weighted by Gasteiger charge is 2.48. The second kappa shape index (κ2) is 8.34. The van der Waals surface area contributed by atoms with Gasteiger partial charge in [-0.15, -0.1) is 0 Å². The maximum absolute atomic E-state index is 13.8. The predicted molar refractivity (Wildman–Crippen MR) is 132 cm³/mol. The molecule has 2 heterocycles. The van der Waals surface area contributed by atoms with Gasteiger partial charge in [0.2, 0.25) is 0 Å². The lowest BCUT2D eigenvalue weighted by molar-refractivity contribution is -0.132. The molecule has 170 valence electrons. The summed E-state index contributed by atoms with van der Waals surface area (Å²) in [6.45, 7) is 3.47. The number of benzene rings is 3. The van der Waals surface area contributed by atoms with Gasteiger partial charge in [0.1, 0.15) is 11.6 Å². The average molecular weight is 493 g/mol. The third kappa shape index (κ3) is 3.67. The molecule has 1 N–H and O–H groups in total. The van der Waals surface area contributed by atoms with Gasteiger partial charge in [0.05, 0.1) is 21.8 Å². The number of thiazole rings is 1. The lowest BCUT2D eigenvalue weighted by Crippen LogP contribution is -2.29. The molecule has 3 aromatic carbocycles. The number of fused-ring (bicyclic) bond motifs is 1. The number of ketones is 1. The van der Waals surface area contributed by atoms with Crippen LogP contribution in [-0.2, 0) is 9.59 Å².